The quantitative estimate of drug-likeness (QED) is 0.902. The van der Waals surface area contributed by atoms with Gasteiger partial charge in [-0.25, -0.2) is 18.4 Å². The maximum Gasteiger partial charge on any atom is 0.246 e. The molecule has 0 amide bonds. The second-order valence-corrected chi connectivity index (χ2v) is 6.95. The highest BCUT2D eigenvalue weighted by molar-refractivity contribution is 7.89. The molecule has 1 aliphatic heterocycles. The Morgan fingerprint density at radius 2 is 2.00 bits per heavy atom. The summed E-state index contributed by atoms with van der Waals surface area (Å²) in [6.07, 6.45) is 4.57. The molecule has 1 aliphatic rings. The maximum atomic E-state index is 12.6. The molecule has 1 saturated heterocycles. The largest absolute Gasteiger partial charge is 0.357 e. The van der Waals surface area contributed by atoms with Gasteiger partial charge in [-0.05, 0) is 18.8 Å². The Morgan fingerprint density at radius 3 is 2.53 bits per heavy atom. The van der Waals surface area contributed by atoms with E-state index in [1.165, 1.54) is 12.4 Å². The Bertz CT molecular complexity index is 527. The van der Waals surface area contributed by atoms with Crippen molar-refractivity contribution in [2.75, 3.05) is 18.9 Å². The zero-order valence-corrected chi connectivity index (χ0v) is 12.3. The van der Waals surface area contributed by atoms with Gasteiger partial charge in [-0.1, -0.05) is 13.8 Å². The van der Waals surface area contributed by atoms with Crippen molar-refractivity contribution in [1.29, 1.82) is 0 Å². The smallest absolute Gasteiger partial charge is 0.246 e. The molecule has 0 aliphatic carbocycles. The number of nitrogens with one attached hydrogen (secondary N) is 1. The second-order valence-electron chi connectivity index (χ2n) is 5.06. The van der Waals surface area contributed by atoms with E-state index < -0.39 is 10.0 Å². The van der Waals surface area contributed by atoms with Crippen molar-refractivity contribution in [3.05, 3.63) is 12.4 Å². The molecular formula is C12H20N4O2S. The average molecular weight is 284 g/mol. The van der Waals surface area contributed by atoms with E-state index in [0.717, 1.165) is 12.8 Å². The fourth-order valence-corrected chi connectivity index (χ4v) is 4.16. The van der Waals surface area contributed by atoms with E-state index in [-0.39, 0.29) is 10.9 Å². The van der Waals surface area contributed by atoms with Crippen LogP contribution in [0.4, 0.5) is 5.95 Å². The molecule has 0 spiro atoms. The van der Waals surface area contributed by atoms with Crippen LogP contribution in [0.3, 0.4) is 0 Å². The number of sulfonamides is 1. The number of hydrogen-bond donors (Lipinski definition) is 1. The Labute approximate surface area is 114 Å². The summed E-state index contributed by atoms with van der Waals surface area (Å²) in [6, 6.07) is 0.0778. The summed E-state index contributed by atoms with van der Waals surface area (Å²) in [4.78, 5) is 8.12. The van der Waals surface area contributed by atoms with Crippen LogP contribution in [-0.4, -0.2) is 42.3 Å². The first-order valence-corrected chi connectivity index (χ1v) is 7.92. The number of anilines is 1. The van der Waals surface area contributed by atoms with Gasteiger partial charge in [-0.15, -0.1) is 0 Å². The minimum absolute atomic E-state index is 0.0778. The van der Waals surface area contributed by atoms with E-state index in [0.29, 0.717) is 18.4 Å². The van der Waals surface area contributed by atoms with Crippen LogP contribution in [0, 0.1) is 5.92 Å². The maximum absolute atomic E-state index is 12.6. The molecule has 1 atom stereocenters. The molecule has 0 radical (unpaired) electrons. The van der Waals surface area contributed by atoms with Gasteiger partial charge in [0.25, 0.3) is 0 Å². The number of rotatable bonds is 4. The lowest BCUT2D eigenvalue weighted by molar-refractivity contribution is 0.315. The van der Waals surface area contributed by atoms with E-state index >= 15 is 0 Å². The average Bonchev–Trinajstić information content (AvgIpc) is 2.89. The number of hydrogen-bond acceptors (Lipinski definition) is 5. The summed E-state index contributed by atoms with van der Waals surface area (Å²) < 4.78 is 26.7. The fraction of sp³-hybridized carbons (Fsp3) is 0.667. The topological polar surface area (TPSA) is 75.2 Å². The Hall–Kier alpha value is -1.21. The van der Waals surface area contributed by atoms with Crippen molar-refractivity contribution in [2.24, 2.45) is 5.92 Å². The summed E-state index contributed by atoms with van der Waals surface area (Å²) >= 11 is 0. The monoisotopic (exact) mass is 284 g/mol. The Balaban J connectivity index is 2.30. The number of nitrogens with zero attached hydrogens (tertiary/aromatic N) is 3. The molecule has 1 N–H and O–H groups in total. The van der Waals surface area contributed by atoms with Crippen LogP contribution in [0.15, 0.2) is 17.3 Å². The van der Waals surface area contributed by atoms with Gasteiger partial charge < -0.3 is 5.32 Å². The first-order chi connectivity index (χ1) is 8.96. The van der Waals surface area contributed by atoms with Crippen LogP contribution in [0.1, 0.15) is 26.7 Å². The van der Waals surface area contributed by atoms with E-state index in [4.69, 9.17) is 0 Å². The lowest BCUT2D eigenvalue weighted by atomic mass is 10.0. The molecule has 1 fully saturated rings. The van der Waals surface area contributed by atoms with Gasteiger partial charge in [-0.2, -0.15) is 4.31 Å². The van der Waals surface area contributed by atoms with Crippen LogP contribution < -0.4 is 5.32 Å². The van der Waals surface area contributed by atoms with Gasteiger partial charge in [-0.3, -0.25) is 0 Å². The predicted octanol–water partition coefficient (Wildman–Crippen LogP) is 1.33. The van der Waals surface area contributed by atoms with Crippen LogP contribution in [0.2, 0.25) is 0 Å². The number of aromatic nitrogens is 2. The molecule has 0 bridgehead atoms. The third kappa shape index (κ3) is 2.71. The zero-order valence-electron chi connectivity index (χ0n) is 11.5. The van der Waals surface area contributed by atoms with Crippen molar-refractivity contribution in [2.45, 2.75) is 37.6 Å². The molecule has 2 rings (SSSR count). The summed E-state index contributed by atoms with van der Waals surface area (Å²) in [7, 11) is -1.78. The third-order valence-corrected chi connectivity index (χ3v) is 5.35. The van der Waals surface area contributed by atoms with Crippen molar-refractivity contribution >= 4 is 16.0 Å². The third-order valence-electron chi connectivity index (χ3n) is 3.48. The van der Waals surface area contributed by atoms with E-state index in [1.807, 2.05) is 0 Å². The minimum atomic E-state index is -3.48. The minimum Gasteiger partial charge on any atom is -0.357 e. The highest BCUT2D eigenvalue weighted by Crippen LogP contribution is 2.29. The summed E-state index contributed by atoms with van der Waals surface area (Å²) in [5.41, 5.74) is 0. The molecule has 2 heterocycles. The molecule has 6 nitrogen and oxygen atoms in total. The SMILES string of the molecule is CNc1ncc(S(=O)(=O)N2CCCC2C(C)C)cn1. The van der Waals surface area contributed by atoms with Crippen LogP contribution in [0.5, 0.6) is 0 Å². The van der Waals surface area contributed by atoms with Gasteiger partial charge in [0, 0.05) is 19.6 Å². The normalized spacial score (nSPS) is 20.9. The molecule has 0 aromatic carbocycles. The van der Waals surface area contributed by atoms with Gasteiger partial charge in [0.2, 0.25) is 16.0 Å². The molecule has 1 aromatic rings. The van der Waals surface area contributed by atoms with Crippen molar-refractivity contribution in [3.63, 3.8) is 0 Å². The van der Waals surface area contributed by atoms with E-state index in [2.05, 4.69) is 29.1 Å². The highest BCUT2D eigenvalue weighted by Gasteiger charge is 2.37. The molecule has 7 heteroatoms. The second kappa shape index (κ2) is 5.42. The van der Waals surface area contributed by atoms with Crippen LogP contribution >= 0.6 is 0 Å². The lowest BCUT2D eigenvalue weighted by Crippen LogP contribution is -2.38. The van der Waals surface area contributed by atoms with Crippen LogP contribution in [-0.2, 0) is 10.0 Å². The van der Waals surface area contributed by atoms with Gasteiger partial charge in [0.1, 0.15) is 4.90 Å². The zero-order chi connectivity index (χ0) is 14.0. The first-order valence-electron chi connectivity index (χ1n) is 6.48. The van der Waals surface area contributed by atoms with Crippen molar-refractivity contribution in [1.82, 2.24) is 14.3 Å². The molecule has 19 heavy (non-hydrogen) atoms. The molecule has 106 valence electrons. The van der Waals surface area contributed by atoms with Gasteiger partial charge >= 0.3 is 0 Å². The van der Waals surface area contributed by atoms with E-state index in [9.17, 15) is 8.42 Å². The van der Waals surface area contributed by atoms with Gasteiger partial charge in [0.05, 0.1) is 12.4 Å². The summed E-state index contributed by atoms with van der Waals surface area (Å²) in [6.45, 7) is 4.69. The molecule has 0 saturated carbocycles. The first kappa shape index (κ1) is 14.2. The fourth-order valence-electron chi connectivity index (χ4n) is 2.44. The lowest BCUT2D eigenvalue weighted by Gasteiger charge is -2.26. The predicted molar refractivity (Wildman–Crippen MR) is 73.3 cm³/mol. The van der Waals surface area contributed by atoms with E-state index in [1.54, 1.807) is 11.4 Å². The van der Waals surface area contributed by atoms with Crippen molar-refractivity contribution < 1.29 is 8.42 Å². The summed E-state index contributed by atoms with van der Waals surface area (Å²) in [5, 5.41) is 2.77. The van der Waals surface area contributed by atoms with Crippen molar-refractivity contribution in [3.8, 4) is 0 Å². The summed E-state index contributed by atoms with van der Waals surface area (Å²) in [5.74, 6) is 0.732. The molecule has 1 aromatic heterocycles. The Kier molecular flexibility index (Phi) is 4.05. The Morgan fingerprint density at radius 1 is 1.37 bits per heavy atom. The molecule has 1 unspecified atom stereocenters. The standard InChI is InChI=1S/C12H20N4O2S/c1-9(2)11-5-4-6-16(11)19(17,18)10-7-14-12(13-3)15-8-10/h7-9,11H,4-6H2,1-3H3,(H,13,14,15). The van der Waals surface area contributed by atoms with Crippen LogP contribution in [0.25, 0.3) is 0 Å². The highest BCUT2D eigenvalue weighted by atomic mass is 32.2. The molecular weight excluding hydrogens is 264 g/mol. The van der Waals surface area contributed by atoms with Gasteiger partial charge in [0.15, 0.2) is 0 Å².